The lowest BCUT2D eigenvalue weighted by Crippen LogP contribution is -2.48. The van der Waals surface area contributed by atoms with Gasteiger partial charge in [-0.3, -0.25) is 14.8 Å². The number of carbonyl (C=O) groups excluding carboxylic acids is 1. The van der Waals surface area contributed by atoms with Crippen molar-refractivity contribution in [1.29, 1.82) is 0 Å². The molecule has 2 heterocycles. The van der Waals surface area contributed by atoms with Crippen molar-refractivity contribution in [1.82, 2.24) is 20.0 Å². The second-order valence-electron chi connectivity index (χ2n) is 8.08. The first-order valence-corrected chi connectivity index (χ1v) is 10.4. The SMILES string of the molecule is CC(C)Oc1ccccc1CN1CCN(C(=O)c2n[nH]c3c2CCCC3)CC1. The van der Waals surface area contributed by atoms with Crippen molar-refractivity contribution >= 4 is 5.91 Å². The zero-order valence-corrected chi connectivity index (χ0v) is 16.9. The van der Waals surface area contributed by atoms with Gasteiger partial charge >= 0.3 is 0 Å². The molecule has 4 rings (SSSR count). The molecule has 1 aromatic heterocycles. The van der Waals surface area contributed by atoms with Crippen LogP contribution in [0.25, 0.3) is 0 Å². The average Bonchev–Trinajstić information content (AvgIpc) is 3.13. The zero-order chi connectivity index (χ0) is 19.5. The number of hydrogen-bond acceptors (Lipinski definition) is 4. The molecular weight excluding hydrogens is 352 g/mol. The van der Waals surface area contributed by atoms with E-state index in [2.05, 4.69) is 41.1 Å². The summed E-state index contributed by atoms with van der Waals surface area (Å²) in [6.45, 7) is 8.18. The molecule has 28 heavy (non-hydrogen) atoms. The van der Waals surface area contributed by atoms with Crippen molar-refractivity contribution in [2.75, 3.05) is 26.2 Å². The Morgan fingerprint density at radius 1 is 1.14 bits per heavy atom. The van der Waals surface area contributed by atoms with E-state index in [1.807, 2.05) is 17.0 Å². The number of amides is 1. The summed E-state index contributed by atoms with van der Waals surface area (Å²) >= 11 is 0. The molecule has 1 aromatic carbocycles. The Morgan fingerprint density at radius 3 is 2.68 bits per heavy atom. The van der Waals surface area contributed by atoms with Gasteiger partial charge in [0.15, 0.2) is 5.69 Å². The van der Waals surface area contributed by atoms with Crippen molar-refractivity contribution in [2.45, 2.75) is 52.2 Å². The lowest BCUT2D eigenvalue weighted by atomic mass is 9.95. The second-order valence-corrected chi connectivity index (χ2v) is 8.08. The van der Waals surface area contributed by atoms with Crippen LogP contribution in [-0.2, 0) is 19.4 Å². The highest BCUT2D eigenvalue weighted by molar-refractivity contribution is 5.94. The molecule has 1 fully saturated rings. The van der Waals surface area contributed by atoms with Crippen molar-refractivity contribution in [3.8, 4) is 5.75 Å². The molecule has 0 bridgehead atoms. The number of fused-ring (bicyclic) bond motifs is 1. The summed E-state index contributed by atoms with van der Waals surface area (Å²) in [6, 6.07) is 8.24. The summed E-state index contributed by atoms with van der Waals surface area (Å²) in [7, 11) is 0. The molecule has 2 aliphatic rings. The molecular formula is C22H30N4O2. The van der Waals surface area contributed by atoms with E-state index in [4.69, 9.17) is 4.74 Å². The topological polar surface area (TPSA) is 61.5 Å². The molecule has 1 aliphatic carbocycles. The first-order valence-electron chi connectivity index (χ1n) is 10.4. The Bertz CT molecular complexity index is 822. The molecule has 1 aliphatic heterocycles. The molecule has 6 nitrogen and oxygen atoms in total. The Kier molecular flexibility index (Phi) is 5.67. The van der Waals surface area contributed by atoms with Gasteiger partial charge in [0, 0.05) is 49.5 Å². The molecule has 1 amide bonds. The van der Waals surface area contributed by atoms with Crippen LogP contribution in [-0.4, -0.2) is 58.2 Å². The number of aryl methyl sites for hydroxylation is 1. The number of carbonyl (C=O) groups is 1. The predicted octanol–water partition coefficient (Wildman–Crippen LogP) is 3.03. The number of benzene rings is 1. The third kappa shape index (κ3) is 4.07. The van der Waals surface area contributed by atoms with E-state index in [0.717, 1.165) is 69.0 Å². The summed E-state index contributed by atoms with van der Waals surface area (Å²) in [6.07, 6.45) is 4.48. The van der Waals surface area contributed by atoms with Gasteiger partial charge in [-0.1, -0.05) is 18.2 Å². The number of hydrogen-bond donors (Lipinski definition) is 1. The molecule has 0 radical (unpaired) electrons. The Labute approximate surface area is 166 Å². The first kappa shape index (κ1) is 19.0. The first-order chi connectivity index (χ1) is 13.6. The lowest BCUT2D eigenvalue weighted by molar-refractivity contribution is 0.0619. The van der Waals surface area contributed by atoms with Gasteiger partial charge < -0.3 is 9.64 Å². The summed E-state index contributed by atoms with van der Waals surface area (Å²) in [5.41, 5.74) is 4.17. The van der Waals surface area contributed by atoms with Crippen LogP contribution in [0.5, 0.6) is 5.75 Å². The van der Waals surface area contributed by atoms with Gasteiger partial charge in [-0.2, -0.15) is 5.10 Å². The highest BCUT2D eigenvalue weighted by Crippen LogP contribution is 2.24. The van der Waals surface area contributed by atoms with Crippen molar-refractivity contribution in [3.05, 3.63) is 46.8 Å². The van der Waals surface area contributed by atoms with Crippen LogP contribution in [0.1, 0.15) is 54.0 Å². The number of nitrogens with one attached hydrogen (secondary N) is 1. The van der Waals surface area contributed by atoms with Crippen molar-refractivity contribution < 1.29 is 9.53 Å². The molecule has 150 valence electrons. The average molecular weight is 383 g/mol. The molecule has 1 N–H and O–H groups in total. The highest BCUT2D eigenvalue weighted by Gasteiger charge is 2.28. The number of ether oxygens (including phenoxy) is 1. The number of aromatic amines is 1. The minimum atomic E-state index is 0.0857. The summed E-state index contributed by atoms with van der Waals surface area (Å²) in [5, 5.41) is 7.44. The third-order valence-corrected chi connectivity index (χ3v) is 5.65. The van der Waals surface area contributed by atoms with E-state index in [0.29, 0.717) is 5.69 Å². The molecule has 2 aromatic rings. The molecule has 6 heteroatoms. The summed E-state index contributed by atoms with van der Waals surface area (Å²) in [5.74, 6) is 1.04. The monoisotopic (exact) mass is 382 g/mol. The fourth-order valence-electron chi connectivity index (χ4n) is 4.16. The Hall–Kier alpha value is -2.34. The lowest BCUT2D eigenvalue weighted by Gasteiger charge is -2.35. The normalized spacial score (nSPS) is 17.6. The van der Waals surface area contributed by atoms with Gasteiger partial charge in [-0.15, -0.1) is 0 Å². The van der Waals surface area contributed by atoms with E-state index in [1.165, 1.54) is 12.0 Å². The zero-order valence-electron chi connectivity index (χ0n) is 16.9. The highest BCUT2D eigenvalue weighted by atomic mass is 16.5. The number of nitrogens with zero attached hydrogens (tertiary/aromatic N) is 3. The van der Waals surface area contributed by atoms with Gasteiger partial charge in [0.05, 0.1) is 6.10 Å². The standard InChI is InChI=1S/C22H30N4O2/c1-16(2)28-20-10-6-3-7-17(20)15-25-11-13-26(14-12-25)22(27)21-18-8-4-5-9-19(18)23-24-21/h3,6-7,10,16H,4-5,8-9,11-15H2,1-2H3,(H,23,24). The Balaban J connectivity index is 1.36. The molecule has 0 unspecified atom stereocenters. The van der Waals surface area contributed by atoms with Crippen LogP contribution >= 0.6 is 0 Å². The number of rotatable bonds is 5. The minimum Gasteiger partial charge on any atom is -0.491 e. The van der Waals surface area contributed by atoms with Crippen molar-refractivity contribution in [3.63, 3.8) is 0 Å². The van der Waals surface area contributed by atoms with Crippen LogP contribution in [0.2, 0.25) is 0 Å². The smallest absolute Gasteiger partial charge is 0.274 e. The van der Waals surface area contributed by atoms with Crippen LogP contribution in [0, 0.1) is 0 Å². The quantitative estimate of drug-likeness (QED) is 0.863. The van der Waals surface area contributed by atoms with E-state index in [-0.39, 0.29) is 12.0 Å². The molecule has 0 atom stereocenters. The summed E-state index contributed by atoms with van der Waals surface area (Å²) < 4.78 is 5.95. The maximum absolute atomic E-state index is 13.0. The van der Waals surface area contributed by atoms with Gasteiger partial charge in [0.1, 0.15) is 5.75 Å². The fraction of sp³-hybridized carbons (Fsp3) is 0.545. The van der Waals surface area contributed by atoms with Crippen LogP contribution < -0.4 is 4.74 Å². The molecule has 0 saturated carbocycles. The van der Waals surface area contributed by atoms with Gasteiger partial charge in [-0.05, 0) is 45.6 Å². The number of aromatic nitrogens is 2. The van der Waals surface area contributed by atoms with Gasteiger partial charge in [0.25, 0.3) is 5.91 Å². The largest absolute Gasteiger partial charge is 0.491 e. The Morgan fingerprint density at radius 2 is 1.89 bits per heavy atom. The molecule has 0 spiro atoms. The number of para-hydroxylation sites is 1. The van der Waals surface area contributed by atoms with Gasteiger partial charge in [-0.25, -0.2) is 0 Å². The maximum atomic E-state index is 13.0. The maximum Gasteiger partial charge on any atom is 0.274 e. The second kappa shape index (κ2) is 8.35. The number of piperazine rings is 1. The van der Waals surface area contributed by atoms with Crippen LogP contribution in [0.15, 0.2) is 24.3 Å². The van der Waals surface area contributed by atoms with Crippen molar-refractivity contribution in [2.24, 2.45) is 0 Å². The van der Waals surface area contributed by atoms with E-state index < -0.39 is 0 Å². The molecule has 1 saturated heterocycles. The van der Waals surface area contributed by atoms with E-state index in [1.54, 1.807) is 0 Å². The number of H-pyrrole nitrogens is 1. The van der Waals surface area contributed by atoms with E-state index in [9.17, 15) is 4.79 Å². The minimum absolute atomic E-state index is 0.0857. The summed E-state index contributed by atoms with van der Waals surface area (Å²) in [4.78, 5) is 17.3. The van der Waals surface area contributed by atoms with Crippen LogP contribution in [0.4, 0.5) is 0 Å². The fourth-order valence-corrected chi connectivity index (χ4v) is 4.16. The third-order valence-electron chi connectivity index (χ3n) is 5.65. The van der Waals surface area contributed by atoms with E-state index >= 15 is 0 Å². The predicted molar refractivity (Wildman–Crippen MR) is 109 cm³/mol. The van der Waals surface area contributed by atoms with Crippen LogP contribution in [0.3, 0.4) is 0 Å². The van der Waals surface area contributed by atoms with Gasteiger partial charge in [0.2, 0.25) is 0 Å².